The lowest BCUT2D eigenvalue weighted by atomic mass is 9.77. The van der Waals surface area contributed by atoms with Crippen molar-refractivity contribution in [2.75, 3.05) is 39.2 Å². The van der Waals surface area contributed by atoms with Gasteiger partial charge in [-0.3, -0.25) is 9.13 Å². The molecular formula is C30H34N3O6P. The number of ether oxygens (including phenoxy) is 3. The van der Waals surface area contributed by atoms with E-state index in [0.717, 1.165) is 22.4 Å². The maximum atomic E-state index is 13.2. The SMILES string of the molecule is COC[C@H](Cn1ccc(NC(c2ccccc2)(c2ccccc2)c2ccc(OC)cc2)nc1=O)OCP(C)(=O)O. The molecular weight excluding hydrogens is 529 g/mol. The number of rotatable bonds is 13. The summed E-state index contributed by atoms with van der Waals surface area (Å²) in [6.45, 7) is 1.48. The summed E-state index contributed by atoms with van der Waals surface area (Å²) in [6.07, 6.45) is 0.695. The van der Waals surface area contributed by atoms with Crippen molar-refractivity contribution in [1.29, 1.82) is 0 Å². The van der Waals surface area contributed by atoms with E-state index in [0.29, 0.717) is 5.82 Å². The van der Waals surface area contributed by atoms with Gasteiger partial charge in [0, 0.05) is 20.0 Å². The fourth-order valence-corrected chi connectivity index (χ4v) is 5.05. The van der Waals surface area contributed by atoms with Crippen LogP contribution in [-0.2, 0) is 26.1 Å². The Hall–Kier alpha value is -3.75. The number of benzene rings is 3. The van der Waals surface area contributed by atoms with E-state index in [9.17, 15) is 14.3 Å². The molecule has 0 aliphatic rings. The van der Waals surface area contributed by atoms with Crippen LogP contribution in [-0.4, -0.2) is 54.4 Å². The third kappa shape index (κ3) is 7.06. The Labute approximate surface area is 233 Å². The molecule has 0 spiro atoms. The van der Waals surface area contributed by atoms with Crippen LogP contribution in [0, 0.1) is 0 Å². The van der Waals surface area contributed by atoms with Gasteiger partial charge in [0.25, 0.3) is 0 Å². The third-order valence-corrected chi connectivity index (χ3v) is 7.06. The second kappa shape index (κ2) is 13.1. The largest absolute Gasteiger partial charge is 0.497 e. The molecule has 3 aromatic carbocycles. The molecule has 2 N–H and O–H groups in total. The number of methoxy groups -OCH3 is 2. The Bertz CT molecular complexity index is 1430. The second-order valence-electron chi connectivity index (χ2n) is 9.51. The molecule has 10 heteroatoms. The molecule has 2 atom stereocenters. The van der Waals surface area contributed by atoms with Gasteiger partial charge in [-0.05, 0) is 34.9 Å². The maximum Gasteiger partial charge on any atom is 0.349 e. The smallest absolute Gasteiger partial charge is 0.349 e. The zero-order valence-corrected chi connectivity index (χ0v) is 23.7. The normalized spacial score (nSPS) is 13.8. The lowest BCUT2D eigenvalue weighted by Gasteiger charge is -2.37. The predicted molar refractivity (Wildman–Crippen MR) is 155 cm³/mol. The van der Waals surface area contributed by atoms with Crippen molar-refractivity contribution in [3.63, 3.8) is 0 Å². The number of hydrogen-bond acceptors (Lipinski definition) is 7. The molecule has 0 saturated heterocycles. The van der Waals surface area contributed by atoms with Crippen LogP contribution >= 0.6 is 7.37 Å². The van der Waals surface area contributed by atoms with Gasteiger partial charge in [-0.25, -0.2) is 4.79 Å². The lowest BCUT2D eigenvalue weighted by Crippen LogP contribution is -2.39. The molecule has 0 amide bonds. The van der Waals surface area contributed by atoms with Gasteiger partial charge >= 0.3 is 5.69 Å². The highest BCUT2D eigenvalue weighted by Gasteiger charge is 2.37. The first-order valence-electron chi connectivity index (χ1n) is 12.8. The number of aromatic nitrogens is 2. The van der Waals surface area contributed by atoms with Crippen molar-refractivity contribution < 1.29 is 23.7 Å². The van der Waals surface area contributed by atoms with Gasteiger partial charge in [-0.15, -0.1) is 0 Å². The highest BCUT2D eigenvalue weighted by Crippen LogP contribution is 2.40. The van der Waals surface area contributed by atoms with Crippen molar-refractivity contribution in [2.24, 2.45) is 0 Å². The molecule has 0 saturated carbocycles. The predicted octanol–water partition coefficient (Wildman–Crippen LogP) is 4.55. The van der Waals surface area contributed by atoms with Crippen LogP contribution in [0.5, 0.6) is 5.75 Å². The first-order chi connectivity index (χ1) is 19.2. The van der Waals surface area contributed by atoms with Crippen LogP contribution < -0.4 is 15.7 Å². The van der Waals surface area contributed by atoms with Gasteiger partial charge in [-0.2, -0.15) is 4.98 Å². The summed E-state index contributed by atoms with van der Waals surface area (Å²) in [6, 6.07) is 29.5. The molecule has 0 bridgehead atoms. The Morgan fingerprint density at radius 3 is 2.00 bits per heavy atom. The quantitative estimate of drug-likeness (QED) is 0.180. The van der Waals surface area contributed by atoms with E-state index in [4.69, 9.17) is 14.2 Å². The Balaban J connectivity index is 1.75. The molecule has 9 nitrogen and oxygen atoms in total. The number of nitrogens with zero attached hydrogens (tertiary/aromatic N) is 2. The monoisotopic (exact) mass is 563 g/mol. The fourth-order valence-electron chi connectivity index (χ4n) is 4.57. The second-order valence-corrected chi connectivity index (χ2v) is 11.9. The van der Waals surface area contributed by atoms with Crippen molar-refractivity contribution in [2.45, 2.75) is 18.2 Å². The zero-order valence-electron chi connectivity index (χ0n) is 22.8. The van der Waals surface area contributed by atoms with Gasteiger partial charge in [-0.1, -0.05) is 72.8 Å². The summed E-state index contributed by atoms with van der Waals surface area (Å²) in [5.74, 6) is 1.11. The van der Waals surface area contributed by atoms with Gasteiger partial charge < -0.3 is 24.4 Å². The number of hydrogen-bond donors (Lipinski definition) is 2. The standard InChI is InChI=1S/C30H34N3O6P/c1-37-21-27(39-22-40(3,35)36)20-33-19-18-28(31-29(33)34)32-30(23-10-6-4-7-11-23,24-12-8-5-9-13-24)25-14-16-26(38-2)17-15-25/h4-19,27H,20-22H2,1-3H3,(H,35,36)(H,31,32,34)/t27-/m0/s1. The van der Waals surface area contributed by atoms with Crippen LogP contribution in [0.25, 0.3) is 0 Å². The van der Waals surface area contributed by atoms with Gasteiger partial charge in [0.05, 0.1) is 26.4 Å². The topological polar surface area (TPSA) is 112 Å². The zero-order chi connectivity index (χ0) is 28.6. The molecule has 4 aromatic rings. The molecule has 40 heavy (non-hydrogen) atoms. The fraction of sp³-hybridized carbons (Fsp3) is 0.267. The van der Waals surface area contributed by atoms with Gasteiger partial charge in [0.2, 0.25) is 7.37 Å². The molecule has 0 aliphatic carbocycles. The van der Waals surface area contributed by atoms with Gasteiger partial charge in [0.1, 0.15) is 23.5 Å². The minimum atomic E-state index is -3.38. The van der Waals surface area contributed by atoms with Crippen LogP contribution in [0.1, 0.15) is 16.7 Å². The summed E-state index contributed by atoms with van der Waals surface area (Å²) in [5.41, 5.74) is 1.46. The summed E-state index contributed by atoms with van der Waals surface area (Å²) < 4.78 is 29.2. The van der Waals surface area contributed by atoms with E-state index >= 15 is 0 Å². The molecule has 1 unspecified atom stereocenters. The van der Waals surface area contributed by atoms with Crippen LogP contribution in [0.15, 0.2) is 102 Å². The highest BCUT2D eigenvalue weighted by molar-refractivity contribution is 7.56. The van der Waals surface area contributed by atoms with E-state index in [-0.39, 0.29) is 19.5 Å². The van der Waals surface area contributed by atoms with Crippen LogP contribution in [0.3, 0.4) is 0 Å². The Morgan fingerprint density at radius 2 is 1.50 bits per heavy atom. The maximum absolute atomic E-state index is 13.2. The molecule has 1 heterocycles. The van der Waals surface area contributed by atoms with E-state index in [1.165, 1.54) is 18.3 Å². The highest BCUT2D eigenvalue weighted by atomic mass is 31.2. The molecule has 0 fully saturated rings. The number of nitrogens with one attached hydrogen (secondary N) is 1. The van der Waals surface area contributed by atoms with Crippen molar-refractivity contribution in [3.05, 3.63) is 124 Å². The molecule has 210 valence electrons. The number of anilines is 1. The summed E-state index contributed by atoms with van der Waals surface area (Å²) >= 11 is 0. The average Bonchev–Trinajstić information content (AvgIpc) is 2.96. The van der Waals surface area contributed by atoms with Crippen molar-refractivity contribution in [3.8, 4) is 5.75 Å². The minimum Gasteiger partial charge on any atom is -0.497 e. The molecule has 0 aliphatic heterocycles. The molecule has 1 aromatic heterocycles. The van der Waals surface area contributed by atoms with Gasteiger partial charge in [0.15, 0.2) is 0 Å². The van der Waals surface area contributed by atoms with Crippen molar-refractivity contribution >= 4 is 13.2 Å². The first-order valence-corrected chi connectivity index (χ1v) is 15.1. The average molecular weight is 564 g/mol. The first kappa shape index (κ1) is 29.2. The summed E-state index contributed by atoms with van der Waals surface area (Å²) in [4.78, 5) is 27.1. The third-order valence-electron chi connectivity index (χ3n) is 6.43. The van der Waals surface area contributed by atoms with E-state index in [2.05, 4.69) is 10.3 Å². The summed E-state index contributed by atoms with van der Waals surface area (Å²) in [5, 5.41) is 3.58. The van der Waals surface area contributed by atoms with Crippen LogP contribution in [0.4, 0.5) is 5.82 Å². The van der Waals surface area contributed by atoms with Crippen LogP contribution in [0.2, 0.25) is 0 Å². The molecule has 0 radical (unpaired) electrons. The van der Waals surface area contributed by atoms with Crippen molar-refractivity contribution in [1.82, 2.24) is 9.55 Å². The molecule has 4 rings (SSSR count). The minimum absolute atomic E-state index is 0.112. The lowest BCUT2D eigenvalue weighted by molar-refractivity contribution is 0.00592. The summed E-state index contributed by atoms with van der Waals surface area (Å²) in [7, 11) is -0.257. The Kier molecular flexibility index (Phi) is 9.55. The van der Waals surface area contributed by atoms with E-state index in [1.54, 1.807) is 19.4 Å². The van der Waals surface area contributed by atoms with E-state index < -0.39 is 24.7 Å². The van der Waals surface area contributed by atoms with E-state index in [1.807, 2.05) is 84.9 Å². The Morgan fingerprint density at radius 1 is 0.925 bits per heavy atom.